The lowest BCUT2D eigenvalue weighted by Gasteiger charge is -2.19. The fourth-order valence-electron chi connectivity index (χ4n) is 2.06. The van der Waals surface area contributed by atoms with Crippen LogP contribution < -0.4 is 5.32 Å². The minimum Gasteiger partial charge on any atom is -0.389 e. The highest BCUT2D eigenvalue weighted by Gasteiger charge is 2.10. The first-order valence-corrected chi connectivity index (χ1v) is 6.37. The van der Waals surface area contributed by atoms with Gasteiger partial charge in [0.25, 0.3) is 0 Å². The normalized spacial score (nSPS) is 13.9. The zero-order chi connectivity index (χ0) is 13.8. The quantitative estimate of drug-likeness (QED) is 0.868. The van der Waals surface area contributed by atoms with Crippen molar-refractivity contribution in [3.05, 3.63) is 65.5 Å². The molecule has 0 saturated heterocycles. The van der Waals surface area contributed by atoms with Crippen molar-refractivity contribution in [2.24, 2.45) is 0 Å². The Bertz CT molecular complexity index is 537. The second-order valence-corrected chi connectivity index (χ2v) is 4.68. The fraction of sp³-hybridized carbons (Fsp3) is 0.250. The van der Waals surface area contributed by atoms with E-state index in [2.05, 4.69) is 5.32 Å². The largest absolute Gasteiger partial charge is 0.389 e. The predicted octanol–water partition coefficient (Wildman–Crippen LogP) is 4.05. The number of benzene rings is 2. The lowest BCUT2D eigenvalue weighted by Crippen LogP contribution is -2.09. The third-order valence-corrected chi connectivity index (χ3v) is 3.15. The summed E-state index contributed by atoms with van der Waals surface area (Å²) < 4.78 is 12.9. The molecule has 2 rings (SSSR count). The van der Waals surface area contributed by atoms with Crippen LogP contribution in [0.4, 0.5) is 10.1 Å². The first-order valence-electron chi connectivity index (χ1n) is 6.37. The van der Waals surface area contributed by atoms with Crippen LogP contribution in [0.5, 0.6) is 0 Å². The Kier molecular flexibility index (Phi) is 4.17. The highest BCUT2D eigenvalue weighted by atomic mass is 19.1. The first-order chi connectivity index (χ1) is 9.08. The van der Waals surface area contributed by atoms with Crippen molar-refractivity contribution in [3.8, 4) is 0 Å². The average molecular weight is 259 g/mol. The van der Waals surface area contributed by atoms with Crippen LogP contribution in [0.15, 0.2) is 48.5 Å². The molecule has 0 bridgehead atoms. The maximum atomic E-state index is 12.9. The van der Waals surface area contributed by atoms with Gasteiger partial charge >= 0.3 is 0 Å². The molecule has 2 unspecified atom stereocenters. The second kappa shape index (κ2) is 5.85. The summed E-state index contributed by atoms with van der Waals surface area (Å²) in [5.74, 6) is -0.236. The SMILES string of the molecule is CC(O)c1ccccc1NC(C)c1ccc(F)cc1. The molecule has 0 aliphatic carbocycles. The van der Waals surface area contributed by atoms with Gasteiger partial charge in [-0.15, -0.1) is 0 Å². The number of aliphatic hydroxyl groups excluding tert-OH is 1. The average Bonchev–Trinajstić information content (AvgIpc) is 2.39. The first kappa shape index (κ1) is 13.6. The number of aliphatic hydroxyl groups is 1. The van der Waals surface area contributed by atoms with Crippen molar-refractivity contribution in [1.29, 1.82) is 0 Å². The molecule has 2 atom stereocenters. The van der Waals surface area contributed by atoms with Gasteiger partial charge in [-0.3, -0.25) is 0 Å². The zero-order valence-electron chi connectivity index (χ0n) is 11.1. The zero-order valence-corrected chi connectivity index (χ0v) is 11.1. The molecule has 2 N–H and O–H groups in total. The maximum Gasteiger partial charge on any atom is 0.123 e. The Labute approximate surface area is 112 Å². The van der Waals surface area contributed by atoms with E-state index in [1.165, 1.54) is 12.1 Å². The topological polar surface area (TPSA) is 32.3 Å². The van der Waals surface area contributed by atoms with Crippen molar-refractivity contribution in [1.82, 2.24) is 0 Å². The molecule has 0 aliphatic heterocycles. The summed E-state index contributed by atoms with van der Waals surface area (Å²) in [4.78, 5) is 0. The van der Waals surface area contributed by atoms with Crippen LogP contribution in [0.1, 0.15) is 37.1 Å². The minimum absolute atomic E-state index is 0.0421. The number of hydrogen-bond acceptors (Lipinski definition) is 2. The lowest BCUT2D eigenvalue weighted by molar-refractivity contribution is 0.200. The van der Waals surface area contributed by atoms with E-state index in [-0.39, 0.29) is 11.9 Å². The van der Waals surface area contributed by atoms with E-state index < -0.39 is 6.10 Å². The van der Waals surface area contributed by atoms with Gasteiger partial charge in [0, 0.05) is 17.3 Å². The van der Waals surface area contributed by atoms with Crippen molar-refractivity contribution >= 4 is 5.69 Å². The monoisotopic (exact) mass is 259 g/mol. The van der Waals surface area contributed by atoms with Crippen LogP contribution in [-0.2, 0) is 0 Å². The molecule has 2 aromatic rings. The summed E-state index contributed by atoms with van der Waals surface area (Å²) in [5.41, 5.74) is 2.76. The van der Waals surface area contributed by atoms with E-state index in [9.17, 15) is 9.50 Å². The number of para-hydroxylation sites is 1. The van der Waals surface area contributed by atoms with Gasteiger partial charge in [-0.25, -0.2) is 4.39 Å². The third-order valence-electron chi connectivity index (χ3n) is 3.15. The Hall–Kier alpha value is -1.87. The smallest absolute Gasteiger partial charge is 0.123 e. The molecule has 100 valence electrons. The summed E-state index contributed by atoms with van der Waals surface area (Å²) in [6.45, 7) is 3.75. The van der Waals surface area contributed by atoms with Crippen molar-refractivity contribution in [3.63, 3.8) is 0 Å². The van der Waals surface area contributed by atoms with Crippen LogP contribution in [0.2, 0.25) is 0 Å². The van der Waals surface area contributed by atoms with E-state index in [4.69, 9.17) is 0 Å². The molecule has 0 fully saturated rings. The number of rotatable bonds is 4. The summed E-state index contributed by atoms with van der Waals surface area (Å²) in [5, 5.41) is 13.1. The Balaban J connectivity index is 2.19. The van der Waals surface area contributed by atoms with Gasteiger partial charge in [0.2, 0.25) is 0 Å². The molecule has 0 radical (unpaired) electrons. The van der Waals surface area contributed by atoms with Crippen LogP contribution in [0.25, 0.3) is 0 Å². The van der Waals surface area contributed by atoms with E-state index in [1.807, 2.05) is 31.2 Å². The minimum atomic E-state index is -0.524. The van der Waals surface area contributed by atoms with Gasteiger partial charge in [0.1, 0.15) is 5.82 Å². The van der Waals surface area contributed by atoms with E-state index >= 15 is 0 Å². The van der Waals surface area contributed by atoms with Crippen LogP contribution in [0.3, 0.4) is 0 Å². The summed E-state index contributed by atoms with van der Waals surface area (Å²) in [7, 11) is 0. The molecule has 0 aromatic heterocycles. The van der Waals surface area contributed by atoms with Gasteiger partial charge in [0.05, 0.1) is 6.10 Å². The van der Waals surface area contributed by atoms with E-state index in [1.54, 1.807) is 19.1 Å². The van der Waals surface area contributed by atoms with Crippen molar-refractivity contribution in [2.45, 2.75) is 26.0 Å². The summed E-state index contributed by atoms with van der Waals surface area (Å²) in [6, 6.07) is 14.1. The van der Waals surface area contributed by atoms with Gasteiger partial charge in [0.15, 0.2) is 0 Å². The maximum absolute atomic E-state index is 12.9. The van der Waals surface area contributed by atoms with Crippen molar-refractivity contribution < 1.29 is 9.50 Å². The molecule has 0 spiro atoms. The van der Waals surface area contributed by atoms with Crippen molar-refractivity contribution in [2.75, 3.05) is 5.32 Å². The Morgan fingerprint density at radius 2 is 1.63 bits per heavy atom. The van der Waals surface area contributed by atoms with Crippen LogP contribution >= 0.6 is 0 Å². The van der Waals surface area contributed by atoms with Gasteiger partial charge < -0.3 is 10.4 Å². The predicted molar refractivity (Wildman–Crippen MR) is 75.5 cm³/mol. The molecular weight excluding hydrogens is 241 g/mol. The summed E-state index contributed by atoms with van der Waals surface area (Å²) >= 11 is 0. The fourth-order valence-corrected chi connectivity index (χ4v) is 2.06. The number of hydrogen-bond donors (Lipinski definition) is 2. The molecule has 0 aliphatic rings. The van der Waals surface area contributed by atoms with Crippen LogP contribution in [0, 0.1) is 5.82 Å². The Morgan fingerprint density at radius 1 is 1.00 bits per heavy atom. The number of anilines is 1. The molecule has 3 heteroatoms. The lowest BCUT2D eigenvalue weighted by atomic mass is 10.0. The number of nitrogens with one attached hydrogen (secondary N) is 1. The Morgan fingerprint density at radius 3 is 2.26 bits per heavy atom. The third kappa shape index (κ3) is 3.32. The van der Waals surface area contributed by atoms with Gasteiger partial charge in [-0.1, -0.05) is 30.3 Å². The second-order valence-electron chi connectivity index (χ2n) is 4.68. The molecule has 0 amide bonds. The molecule has 2 nitrogen and oxygen atoms in total. The van der Waals surface area contributed by atoms with Crippen LogP contribution in [-0.4, -0.2) is 5.11 Å². The number of halogens is 1. The standard InChI is InChI=1S/C16H18FNO/c1-11(13-7-9-14(17)10-8-13)18-16-6-4-3-5-15(16)12(2)19/h3-12,18-19H,1-2H3. The molecule has 2 aromatic carbocycles. The molecule has 19 heavy (non-hydrogen) atoms. The molecule has 0 heterocycles. The molecular formula is C16H18FNO. The van der Waals surface area contributed by atoms with E-state index in [0.29, 0.717) is 0 Å². The van der Waals surface area contributed by atoms with Gasteiger partial charge in [-0.2, -0.15) is 0 Å². The molecule has 0 saturated carbocycles. The highest BCUT2D eigenvalue weighted by molar-refractivity contribution is 5.53. The van der Waals surface area contributed by atoms with Gasteiger partial charge in [-0.05, 0) is 37.6 Å². The highest BCUT2D eigenvalue weighted by Crippen LogP contribution is 2.26. The summed E-state index contributed by atoms with van der Waals surface area (Å²) in [6.07, 6.45) is -0.524. The van der Waals surface area contributed by atoms with E-state index in [0.717, 1.165) is 16.8 Å².